The Labute approximate surface area is 166 Å². The maximum absolute atomic E-state index is 12.4. The lowest BCUT2D eigenvalue weighted by molar-refractivity contribution is -0.132. The Morgan fingerprint density at radius 3 is 2.73 bits per heavy atom. The van der Waals surface area contributed by atoms with Gasteiger partial charge in [0.05, 0.1) is 0 Å². The number of halogens is 2. The molecule has 1 amide bonds. The van der Waals surface area contributed by atoms with Crippen LogP contribution in [0.3, 0.4) is 0 Å². The summed E-state index contributed by atoms with van der Waals surface area (Å²) in [5.41, 5.74) is 2.90. The van der Waals surface area contributed by atoms with Crippen molar-refractivity contribution < 1.29 is 9.21 Å². The van der Waals surface area contributed by atoms with Gasteiger partial charge in [0, 0.05) is 38.6 Å². The van der Waals surface area contributed by atoms with Crippen molar-refractivity contribution in [1.29, 1.82) is 0 Å². The van der Waals surface area contributed by atoms with Crippen molar-refractivity contribution in [2.45, 2.75) is 32.2 Å². The molecule has 0 saturated carbocycles. The minimum atomic E-state index is 0. The number of hydrogen-bond donors (Lipinski definition) is 1. The van der Waals surface area contributed by atoms with Gasteiger partial charge >= 0.3 is 0 Å². The molecular weight excluding hydrogens is 375 g/mol. The molecule has 2 aliphatic rings. The van der Waals surface area contributed by atoms with E-state index in [0.717, 1.165) is 50.2 Å². The van der Waals surface area contributed by atoms with E-state index in [0.29, 0.717) is 18.5 Å². The number of anilines is 1. The highest BCUT2D eigenvalue weighted by molar-refractivity contribution is 5.85. The van der Waals surface area contributed by atoms with Crippen LogP contribution in [0.25, 0.3) is 11.1 Å². The molecule has 0 bridgehead atoms. The van der Waals surface area contributed by atoms with E-state index in [1.54, 1.807) is 0 Å². The average Bonchev–Trinajstić information content (AvgIpc) is 3.24. The number of nitrogens with zero attached hydrogens (tertiary/aromatic N) is 3. The van der Waals surface area contributed by atoms with Crippen LogP contribution in [0.2, 0.25) is 0 Å². The smallest absolute Gasteiger partial charge is 0.298 e. The molecule has 0 spiro atoms. The Morgan fingerprint density at radius 1 is 1.27 bits per heavy atom. The summed E-state index contributed by atoms with van der Waals surface area (Å²) < 4.78 is 5.87. The molecule has 2 fully saturated rings. The van der Waals surface area contributed by atoms with Gasteiger partial charge in [0.2, 0.25) is 5.91 Å². The average molecular weight is 401 g/mol. The van der Waals surface area contributed by atoms with E-state index in [2.05, 4.69) is 22.1 Å². The van der Waals surface area contributed by atoms with Crippen LogP contribution in [-0.4, -0.2) is 54.6 Å². The Hall–Kier alpha value is -1.50. The molecule has 1 aromatic heterocycles. The molecule has 144 valence electrons. The number of piperazine rings is 1. The summed E-state index contributed by atoms with van der Waals surface area (Å²) in [5.74, 6) is 0.266. The second kappa shape index (κ2) is 8.93. The van der Waals surface area contributed by atoms with Crippen LogP contribution in [0.5, 0.6) is 0 Å². The van der Waals surface area contributed by atoms with Crippen molar-refractivity contribution in [2.24, 2.45) is 0 Å². The summed E-state index contributed by atoms with van der Waals surface area (Å²) >= 11 is 0. The Kier molecular flexibility index (Phi) is 7.15. The van der Waals surface area contributed by atoms with E-state index in [-0.39, 0.29) is 30.7 Å². The molecule has 0 radical (unpaired) electrons. The zero-order chi connectivity index (χ0) is 16.5. The van der Waals surface area contributed by atoms with Crippen LogP contribution >= 0.6 is 24.8 Å². The van der Waals surface area contributed by atoms with Gasteiger partial charge in [-0.15, -0.1) is 24.8 Å². The summed E-state index contributed by atoms with van der Waals surface area (Å²) in [6, 6.07) is 7.08. The third-order valence-electron chi connectivity index (χ3n) is 5.02. The first-order valence-corrected chi connectivity index (χ1v) is 8.82. The third-order valence-corrected chi connectivity index (χ3v) is 5.02. The van der Waals surface area contributed by atoms with E-state index in [1.165, 1.54) is 12.0 Å². The Morgan fingerprint density at radius 2 is 2.04 bits per heavy atom. The van der Waals surface area contributed by atoms with Crippen molar-refractivity contribution >= 4 is 47.8 Å². The van der Waals surface area contributed by atoms with Crippen LogP contribution in [0, 0.1) is 6.92 Å². The molecule has 1 unspecified atom stereocenters. The van der Waals surface area contributed by atoms with Crippen LogP contribution in [0.1, 0.15) is 24.8 Å². The minimum Gasteiger partial charge on any atom is -0.423 e. The van der Waals surface area contributed by atoms with Crippen molar-refractivity contribution in [3.63, 3.8) is 0 Å². The second-order valence-electron chi connectivity index (χ2n) is 6.83. The van der Waals surface area contributed by atoms with Gasteiger partial charge < -0.3 is 19.5 Å². The largest absolute Gasteiger partial charge is 0.423 e. The number of hydrogen-bond acceptors (Lipinski definition) is 5. The van der Waals surface area contributed by atoms with E-state index in [4.69, 9.17) is 4.42 Å². The molecule has 2 saturated heterocycles. The highest BCUT2D eigenvalue weighted by Gasteiger charge is 2.26. The summed E-state index contributed by atoms with van der Waals surface area (Å²) in [6.07, 6.45) is 2.93. The zero-order valence-corrected chi connectivity index (χ0v) is 16.6. The number of carbonyl (C=O) groups is 1. The van der Waals surface area contributed by atoms with Gasteiger partial charge in [-0.05, 0) is 44.0 Å². The van der Waals surface area contributed by atoms with E-state index < -0.39 is 0 Å². The quantitative estimate of drug-likeness (QED) is 0.857. The first-order chi connectivity index (χ1) is 11.7. The van der Waals surface area contributed by atoms with Crippen LogP contribution in [-0.2, 0) is 4.79 Å². The summed E-state index contributed by atoms with van der Waals surface area (Å²) in [4.78, 5) is 21.1. The molecule has 1 aromatic carbocycles. The summed E-state index contributed by atoms with van der Waals surface area (Å²) in [5, 5.41) is 3.40. The lowest BCUT2D eigenvalue weighted by Crippen LogP contribution is -2.49. The van der Waals surface area contributed by atoms with Gasteiger partial charge in [0.15, 0.2) is 5.58 Å². The summed E-state index contributed by atoms with van der Waals surface area (Å²) in [7, 11) is 0. The highest BCUT2D eigenvalue weighted by Crippen LogP contribution is 2.24. The minimum absolute atomic E-state index is 0. The lowest BCUT2D eigenvalue weighted by Gasteiger charge is -2.34. The summed E-state index contributed by atoms with van der Waals surface area (Å²) in [6.45, 7) is 6.12. The van der Waals surface area contributed by atoms with Gasteiger partial charge in [-0.25, -0.2) is 0 Å². The fourth-order valence-electron chi connectivity index (χ4n) is 3.58. The normalized spacial score (nSPS) is 20.0. The highest BCUT2D eigenvalue weighted by atomic mass is 35.5. The lowest BCUT2D eigenvalue weighted by atomic mass is 10.1. The fourth-order valence-corrected chi connectivity index (χ4v) is 3.58. The molecular formula is C18H26Cl2N4O2. The van der Waals surface area contributed by atoms with Crippen LogP contribution < -0.4 is 10.2 Å². The molecule has 1 N–H and O–H groups in total. The molecule has 1 atom stereocenters. The molecule has 0 aliphatic carbocycles. The first kappa shape index (κ1) is 20.8. The number of benzene rings is 1. The topological polar surface area (TPSA) is 61.6 Å². The number of amides is 1. The molecule has 3 heterocycles. The number of oxazole rings is 1. The SMILES string of the molecule is Cc1ccc2oc(N3CCN(C(=O)CC4CCCN4)CC3)nc2c1.Cl.Cl. The number of nitrogens with one attached hydrogen (secondary N) is 1. The molecule has 4 rings (SSSR count). The van der Waals surface area contributed by atoms with Gasteiger partial charge in [-0.2, -0.15) is 4.98 Å². The maximum atomic E-state index is 12.4. The number of aromatic nitrogens is 1. The Bertz CT molecular complexity index is 738. The van der Waals surface area contributed by atoms with Gasteiger partial charge in [0.1, 0.15) is 5.52 Å². The van der Waals surface area contributed by atoms with Crippen LogP contribution in [0.15, 0.2) is 22.6 Å². The van der Waals surface area contributed by atoms with Crippen molar-refractivity contribution in [2.75, 3.05) is 37.6 Å². The number of fused-ring (bicyclic) bond motifs is 1. The predicted molar refractivity (Wildman–Crippen MR) is 108 cm³/mol. The van der Waals surface area contributed by atoms with E-state index >= 15 is 0 Å². The van der Waals surface area contributed by atoms with Crippen molar-refractivity contribution in [1.82, 2.24) is 15.2 Å². The van der Waals surface area contributed by atoms with Gasteiger partial charge in [0.25, 0.3) is 6.01 Å². The first-order valence-electron chi connectivity index (χ1n) is 8.82. The monoisotopic (exact) mass is 400 g/mol. The number of aryl methyl sites for hydroxylation is 1. The third kappa shape index (κ3) is 4.42. The number of rotatable bonds is 3. The zero-order valence-electron chi connectivity index (χ0n) is 14.9. The maximum Gasteiger partial charge on any atom is 0.298 e. The molecule has 2 aliphatic heterocycles. The second-order valence-corrected chi connectivity index (χ2v) is 6.83. The molecule has 6 nitrogen and oxygen atoms in total. The van der Waals surface area contributed by atoms with Crippen LogP contribution in [0.4, 0.5) is 6.01 Å². The van der Waals surface area contributed by atoms with Crippen molar-refractivity contribution in [3.8, 4) is 0 Å². The van der Waals surface area contributed by atoms with E-state index in [9.17, 15) is 4.79 Å². The van der Waals surface area contributed by atoms with Gasteiger partial charge in [-0.1, -0.05) is 6.07 Å². The Balaban J connectivity index is 0.00000121. The molecule has 8 heteroatoms. The molecule has 2 aromatic rings. The fraction of sp³-hybridized carbons (Fsp3) is 0.556. The van der Waals surface area contributed by atoms with Gasteiger partial charge in [-0.3, -0.25) is 4.79 Å². The van der Waals surface area contributed by atoms with E-state index in [1.807, 2.05) is 23.1 Å². The predicted octanol–water partition coefficient (Wildman–Crippen LogP) is 2.77. The molecule has 26 heavy (non-hydrogen) atoms. The van der Waals surface area contributed by atoms with Crippen molar-refractivity contribution in [3.05, 3.63) is 23.8 Å². The number of carbonyl (C=O) groups excluding carboxylic acids is 1. The standard InChI is InChI=1S/C18H24N4O2.2ClH/c1-13-4-5-16-15(11-13)20-18(24-16)22-9-7-21(8-10-22)17(23)12-14-3-2-6-19-14;;/h4-5,11,14,19H,2-3,6-10,12H2,1H3;2*1H.